The van der Waals surface area contributed by atoms with Crippen LogP contribution in [-0.4, -0.2) is 12.4 Å². The molecule has 5 aliphatic carbocycles. The molecular weight excluding hydrogens is 480 g/mol. The van der Waals surface area contributed by atoms with Crippen LogP contribution in [0.3, 0.4) is 0 Å². The first-order valence-corrected chi connectivity index (χ1v) is 17.3. The molecule has 0 spiro atoms. The van der Waals surface area contributed by atoms with Crippen LogP contribution in [0.25, 0.3) is 0 Å². The highest BCUT2D eigenvalue weighted by Crippen LogP contribution is 2.74. The lowest BCUT2D eigenvalue weighted by atomic mass is 9.35. The molecule has 0 amide bonds. The summed E-state index contributed by atoms with van der Waals surface area (Å²) in [5, 5.41) is 0.815. The monoisotopic (exact) mass is 538 g/mol. The first-order chi connectivity index (χ1) is 17.9. The van der Waals surface area contributed by atoms with Crippen molar-refractivity contribution in [1.82, 2.24) is 0 Å². The Bertz CT molecular complexity index is 952. The van der Waals surface area contributed by atoms with Gasteiger partial charge in [-0.05, 0) is 90.9 Å². The van der Waals surface area contributed by atoms with Crippen LogP contribution < -0.4 is 4.74 Å². The van der Waals surface area contributed by atoms with E-state index in [1.54, 1.807) is 5.56 Å². The second-order valence-corrected chi connectivity index (χ2v) is 17.4. The van der Waals surface area contributed by atoms with Gasteiger partial charge in [0.25, 0.3) is 0 Å². The highest BCUT2D eigenvalue weighted by molar-refractivity contribution is 7.99. The van der Waals surface area contributed by atoms with E-state index in [2.05, 4.69) is 72.4 Å². The van der Waals surface area contributed by atoms with E-state index in [0.29, 0.717) is 10.8 Å². The molecule has 6 rings (SSSR count). The normalized spacial score (nSPS) is 34.1. The summed E-state index contributed by atoms with van der Waals surface area (Å²) in [6.07, 6.45) is 18.5. The predicted molar refractivity (Wildman–Crippen MR) is 167 cm³/mol. The van der Waals surface area contributed by atoms with E-state index in [9.17, 15) is 0 Å². The maximum atomic E-state index is 6.49. The van der Waals surface area contributed by atoms with Gasteiger partial charge in [-0.2, -0.15) is 11.8 Å². The molecule has 5 saturated carbocycles. The molecule has 1 aromatic rings. The molecular formula is C36H58OS. The zero-order valence-electron chi connectivity index (χ0n) is 26.2. The molecule has 2 unspecified atom stereocenters. The summed E-state index contributed by atoms with van der Waals surface area (Å²) >= 11 is 2.24. The molecule has 0 aliphatic heterocycles. The van der Waals surface area contributed by atoms with Gasteiger partial charge in [0.05, 0.1) is 7.11 Å². The van der Waals surface area contributed by atoms with Gasteiger partial charge in [-0.3, -0.25) is 0 Å². The van der Waals surface area contributed by atoms with Crippen molar-refractivity contribution >= 4 is 11.8 Å². The summed E-state index contributed by atoms with van der Waals surface area (Å²) < 4.78 is 6.49. The minimum absolute atomic E-state index is 0.147. The largest absolute Gasteiger partial charge is 0.496 e. The van der Waals surface area contributed by atoms with Crippen molar-refractivity contribution in [3.63, 3.8) is 0 Å². The third kappa shape index (κ3) is 5.23. The van der Waals surface area contributed by atoms with Gasteiger partial charge in [-0.25, -0.2) is 0 Å². The topological polar surface area (TPSA) is 9.23 Å². The Morgan fingerprint density at radius 1 is 0.842 bits per heavy atom. The highest BCUT2D eigenvalue weighted by atomic mass is 32.2. The van der Waals surface area contributed by atoms with Gasteiger partial charge < -0.3 is 4.74 Å². The second kappa shape index (κ2) is 10.6. The van der Waals surface area contributed by atoms with E-state index in [1.165, 1.54) is 100 Å². The Kier molecular flexibility index (Phi) is 8.09. The SMILES string of the molecule is COc1c(CSC2CCCCCCC2)cc(C(C)(C)C)cc1C12CC3CC(C(C)C)(C1)CC(C(C)C)(C3)C2. The Morgan fingerprint density at radius 3 is 1.95 bits per heavy atom. The van der Waals surface area contributed by atoms with Crippen molar-refractivity contribution in [3.05, 3.63) is 28.8 Å². The second-order valence-electron chi connectivity index (χ2n) is 16.1. The summed E-state index contributed by atoms with van der Waals surface area (Å²) in [7, 11) is 1.97. The Labute approximate surface area is 240 Å². The summed E-state index contributed by atoms with van der Waals surface area (Å²) in [4.78, 5) is 0. The van der Waals surface area contributed by atoms with Crippen molar-refractivity contribution < 1.29 is 4.74 Å². The summed E-state index contributed by atoms with van der Waals surface area (Å²) in [5.74, 6) is 4.77. The molecule has 2 atom stereocenters. The maximum absolute atomic E-state index is 6.49. The quantitative estimate of drug-likeness (QED) is 0.341. The molecule has 1 nitrogen and oxygen atoms in total. The molecule has 0 N–H and O–H groups in total. The molecule has 2 heteroatoms. The fraction of sp³-hybridized carbons (Fsp3) is 0.833. The first kappa shape index (κ1) is 28.9. The average molecular weight is 539 g/mol. The lowest BCUT2D eigenvalue weighted by Gasteiger charge is -2.69. The van der Waals surface area contributed by atoms with Crippen LogP contribution >= 0.6 is 11.8 Å². The number of thioether (sulfide) groups is 1. The third-order valence-corrected chi connectivity index (χ3v) is 13.4. The smallest absolute Gasteiger partial charge is 0.126 e. The number of rotatable bonds is 7. The van der Waals surface area contributed by atoms with Crippen molar-refractivity contribution in [1.29, 1.82) is 0 Å². The number of hydrogen-bond donors (Lipinski definition) is 0. The third-order valence-electron chi connectivity index (χ3n) is 11.9. The van der Waals surface area contributed by atoms with E-state index in [-0.39, 0.29) is 10.8 Å². The van der Waals surface area contributed by atoms with Crippen LogP contribution in [0.4, 0.5) is 0 Å². The van der Waals surface area contributed by atoms with Crippen LogP contribution in [0.5, 0.6) is 5.75 Å². The zero-order chi connectivity index (χ0) is 27.3. The molecule has 5 fully saturated rings. The van der Waals surface area contributed by atoms with Crippen LogP contribution in [-0.2, 0) is 16.6 Å². The molecule has 38 heavy (non-hydrogen) atoms. The average Bonchev–Trinajstić information content (AvgIpc) is 2.81. The Morgan fingerprint density at radius 2 is 1.42 bits per heavy atom. The van der Waals surface area contributed by atoms with E-state index < -0.39 is 0 Å². The van der Waals surface area contributed by atoms with Gasteiger partial charge in [0, 0.05) is 27.5 Å². The summed E-state index contributed by atoms with van der Waals surface area (Å²) in [6, 6.07) is 5.17. The van der Waals surface area contributed by atoms with E-state index in [4.69, 9.17) is 4.74 Å². The number of ether oxygens (including phenoxy) is 1. The van der Waals surface area contributed by atoms with Gasteiger partial charge in [-0.1, -0.05) is 92.7 Å². The van der Waals surface area contributed by atoms with Crippen molar-refractivity contribution in [2.24, 2.45) is 28.6 Å². The Hall–Kier alpha value is -0.630. The lowest BCUT2D eigenvalue weighted by Crippen LogP contribution is -2.61. The van der Waals surface area contributed by atoms with Crippen LogP contribution in [0.15, 0.2) is 12.1 Å². The van der Waals surface area contributed by atoms with Gasteiger partial charge in [0.1, 0.15) is 5.75 Å². The predicted octanol–water partition coefficient (Wildman–Crippen LogP) is 10.9. The fourth-order valence-electron chi connectivity index (χ4n) is 9.83. The van der Waals surface area contributed by atoms with E-state index >= 15 is 0 Å². The van der Waals surface area contributed by atoms with Crippen molar-refractivity contribution in [3.8, 4) is 5.75 Å². The minimum Gasteiger partial charge on any atom is -0.496 e. The van der Waals surface area contributed by atoms with Gasteiger partial charge >= 0.3 is 0 Å². The molecule has 0 saturated heterocycles. The van der Waals surface area contributed by atoms with Gasteiger partial charge in [0.15, 0.2) is 0 Å². The van der Waals surface area contributed by atoms with E-state index in [1.807, 2.05) is 7.11 Å². The van der Waals surface area contributed by atoms with E-state index in [0.717, 1.165) is 28.8 Å². The van der Waals surface area contributed by atoms with Gasteiger partial charge in [-0.15, -0.1) is 0 Å². The zero-order valence-corrected chi connectivity index (χ0v) is 27.0. The standard InChI is InChI=1S/C36H58OS/c1-25(2)34-18-27-19-35(22-34,26(3)4)24-36(20-27,23-34)31-17-29(33(5,6)7)16-28(32(31)37-8)21-38-30-14-12-10-9-11-13-15-30/h16-17,25-27,30H,9-15,18-24H2,1-8H3. The lowest BCUT2D eigenvalue weighted by molar-refractivity contribution is -0.163. The molecule has 0 aromatic heterocycles. The van der Waals surface area contributed by atoms with Crippen LogP contribution in [0.1, 0.15) is 149 Å². The van der Waals surface area contributed by atoms with Crippen molar-refractivity contribution in [2.75, 3.05) is 7.11 Å². The summed E-state index contributed by atoms with van der Waals surface area (Å²) in [5.41, 5.74) is 6.03. The maximum Gasteiger partial charge on any atom is 0.126 e. The first-order valence-electron chi connectivity index (χ1n) is 16.3. The molecule has 214 valence electrons. The highest BCUT2D eigenvalue weighted by Gasteiger charge is 2.65. The number of benzene rings is 1. The molecule has 4 bridgehead atoms. The van der Waals surface area contributed by atoms with Crippen LogP contribution in [0.2, 0.25) is 0 Å². The molecule has 5 aliphatic rings. The number of hydrogen-bond acceptors (Lipinski definition) is 2. The van der Waals surface area contributed by atoms with Gasteiger partial charge in [0.2, 0.25) is 0 Å². The number of methoxy groups -OCH3 is 1. The fourth-order valence-corrected chi connectivity index (χ4v) is 11.1. The molecule has 0 radical (unpaired) electrons. The molecule has 0 heterocycles. The summed E-state index contributed by atoms with van der Waals surface area (Å²) in [6.45, 7) is 17.4. The Balaban J connectivity index is 1.57. The van der Waals surface area contributed by atoms with Crippen LogP contribution in [0, 0.1) is 28.6 Å². The molecule has 1 aromatic carbocycles. The minimum atomic E-state index is 0.147. The van der Waals surface area contributed by atoms with Crippen molar-refractivity contribution in [2.45, 2.75) is 154 Å².